The molecule has 1 atom stereocenters. The first-order valence-electron chi connectivity index (χ1n) is 7.02. The van der Waals surface area contributed by atoms with Gasteiger partial charge in [-0.1, -0.05) is 40.0 Å². The topological polar surface area (TPSA) is 83.5 Å². The number of hydrogen-bond acceptors (Lipinski definition) is 4. The lowest BCUT2D eigenvalue weighted by molar-refractivity contribution is -0.144. The summed E-state index contributed by atoms with van der Waals surface area (Å²) in [5.41, 5.74) is -1.33. The van der Waals surface area contributed by atoms with Crippen molar-refractivity contribution in [2.24, 2.45) is 0 Å². The number of aliphatic carboxylic acids is 1. The van der Waals surface area contributed by atoms with Gasteiger partial charge in [0, 0.05) is 5.75 Å². The van der Waals surface area contributed by atoms with Gasteiger partial charge in [-0.3, -0.25) is 4.79 Å². The van der Waals surface area contributed by atoms with Gasteiger partial charge in [0.25, 0.3) is 0 Å². The molecule has 0 aromatic carbocycles. The van der Waals surface area contributed by atoms with Crippen molar-refractivity contribution in [3.05, 3.63) is 0 Å². The molecule has 0 aliphatic heterocycles. The molecule has 0 aromatic heterocycles. The molecule has 0 rings (SSSR count). The number of carboxylic acids is 1. The molecule has 0 saturated carbocycles. The monoisotopic (exact) mass is 293 g/mol. The number of unbranched alkanes of at least 4 members (excludes halogenated alkanes) is 2. The Kier molecular flexibility index (Phi) is 8.25. The van der Waals surface area contributed by atoms with E-state index < -0.39 is 21.3 Å². The first-order valence-corrected chi connectivity index (χ1v) is 8.84. The van der Waals surface area contributed by atoms with Crippen LogP contribution in [0.1, 0.15) is 52.9 Å². The second-order valence-corrected chi connectivity index (χ2v) is 7.30. The van der Waals surface area contributed by atoms with E-state index >= 15 is 0 Å². The first kappa shape index (κ1) is 18.4. The maximum Gasteiger partial charge on any atom is 0.324 e. The molecular formula is C13H27NO4S. The summed E-state index contributed by atoms with van der Waals surface area (Å²) in [5.74, 6) is -1.41. The van der Waals surface area contributed by atoms with Gasteiger partial charge in [0.05, 0.1) is 5.75 Å². The molecule has 2 N–H and O–H groups in total. The van der Waals surface area contributed by atoms with Crippen LogP contribution in [0.4, 0.5) is 0 Å². The van der Waals surface area contributed by atoms with E-state index in [0.717, 1.165) is 19.3 Å². The standard InChI is InChI=1S/C13H27NO4S/c1-4-7-9-13(12(15)16,14-10-8-5-2)11-19(17,18)6-3/h14H,4-11H2,1-3H3,(H,15,16). The molecule has 0 heterocycles. The van der Waals surface area contributed by atoms with E-state index in [-0.39, 0.29) is 11.5 Å². The highest BCUT2D eigenvalue weighted by Gasteiger charge is 2.41. The molecule has 19 heavy (non-hydrogen) atoms. The minimum Gasteiger partial charge on any atom is -0.480 e. The summed E-state index contributed by atoms with van der Waals surface area (Å²) >= 11 is 0. The predicted molar refractivity (Wildman–Crippen MR) is 77.1 cm³/mol. The van der Waals surface area contributed by atoms with Crippen LogP contribution in [0.25, 0.3) is 0 Å². The molecule has 0 amide bonds. The maximum atomic E-state index is 11.8. The van der Waals surface area contributed by atoms with Crippen LogP contribution >= 0.6 is 0 Å². The zero-order valence-electron chi connectivity index (χ0n) is 12.2. The Morgan fingerprint density at radius 3 is 2.16 bits per heavy atom. The maximum absolute atomic E-state index is 11.8. The predicted octanol–water partition coefficient (Wildman–Crippen LogP) is 1.82. The van der Waals surface area contributed by atoms with Crippen LogP contribution in [-0.4, -0.2) is 43.1 Å². The van der Waals surface area contributed by atoms with E-state index in [1.54, 1.807) is 6.92 Å². The van der Waals surface area contributed by atoms with Crippen molar-refractivity contribution in [1.82, 2.24) is 5.32 Å². The smallest absolute Gasteiger partial charge is 0.324 e. The first-order chi connectivity index (χ1) is 8.83. The number of sulfone groups is 1. The fraction of sp³-hybridized carbons (Fsp3) is 0.923. The summed E-state index contributed by atoms with van der Waals surface area (Å²) in [6.07, 6.45) is 3.67. The number of nitrogens with one attached hydrogen (secondary N) is 1. The zero-order chi connectivity index (χ0) is 14.9. The lowest BCUT2D eigenvalue weighted by Gasteiger charge is -2.30. The minimum absolute atomic E-state index is 0.0242. The van der Waals surface area contributed by atoms with Gasteiger partial charge >= 0.3 is 5.97 Å². The normalized spacial score (nSPS) is 15.1. The number of rotatable bonds is 11. The molecule has 0 radical (unpaired) electrons. The molecule has 0 aliphatic carbocycles. The zero-order valence-corrected chi connectivity index (χ0v) is 13.1. The molecule has 114 valence electrons. The highest BCUT2D eigenvalue weighted by molar-refractivity contribution is 7.91. The van der Waals surface area contributed by atoms with Gasteiger partial charge in [0.1, 0.15) is 5.54 Å². The quantitative estimate of drug-likeness (QED) is 0.568. The van der Waals surface area contributed by atoms with E-state index in [4.69, 9.17) is 0 Å². The van der Waals surface area contributed by atoms with Crippen LogP contribution in [-0.2, 0) is 14.6 Å². The summed E-state index contributed by atoms with van der Waals surface area (Å²) in [6.45, 7) is 6.06. The van der Waals surface area contributed by atoms with Gasteiger partial charge in [-0.2, -0.15) is 0 Å². The Morgan fingerprint density at radius 1 is 1.16 bits per heavy atom. The Balaban J connectivity index is 5.07. The van der Waals surface area contributed by atoms with Gasteiger partial charge in [-0.15, -0.1) is 0 Å². The van der Waals surface area contributed by atoms with Crippen molar-refractivity contribution >= 4 is 15.8 Å². The Hall–Kier alpha value is -0.620. The summed E-state index contributed by atoms with van der Waals surface area (Å²) < 4.78 is 23.6. The average molecular weight is 293 g/mol. The van der Waals surface area contributed by atoms with Crippen molar-refractivity contribution in [2.45, 2.75) is 58.4 Å². The van der Waals surface area contributed by atoms with E-state index in [0.29, 0.717) is 19.4 Å². The summed E-state index contributed by atoms with van der Waals surface area (Å²) in [6, 6.07) is 0. The molecule has 1 unspecified atom stereocenters. The van der Waals surface area contributed by atoms with Crippen LogP contribution in [0.3, 0.4) is 0 Å². The largest absolute Gasteiger partial charge is 0.480 e. The third-order valence-corrected chi connectivity index (χ3v) is 5.08. The molecule has 6 heteroatoms. The average Bonchev–Trinajstić information content (AvgIpc) is 2.35. The second-order valence-electron chi connectivity index (χ2n) is 4.95. The highest BCUT2D eigenvalue weighted by Crippen LogP contribution is 2.19. The van der Waals surface area contributed by atoms with Crippen molar-refractivity contribution in [1.29, 1.82) is 0 Å². The van der Waals surface area contributed by atoms with Crippen LogP contribution in [0.5, 0.6) is 0 Å². The van der Waals surface area contributed by atoms with Gasteiger partial charge in [0.2, 0.25) is 0 Å². The molecular weight excluding hydrogens is 266 g/mol. The molecule has 0 bridgehead atoms. The van der Waals surface area contributed by atoms with Crippen LogP contribution < -0.4 is 5.32 Å². The van der Waals surface area contributed by atoms with Crippen molar-refractivity contribution in [3.8, 4) is 0 Å². The van der Waals surface area contributed by atoms with E-state index in [2.05, 4.69) is 5.32 Å². The lowest BCUT2D eigenvalue weighted by Crippen LogP contribution is -2.57. The minimum atomic E-state index is -3.33. The van der Waals surface area contributed by atoms with Gasteiger partial charge < -0.3 is 10.4 Å². The fourth-order valence-electron chi connectivity index (χ4n) is 1.92. The van der Waals surface area contributed by atoms with Crippen LogP contribution in [0.15, 0.2) is 0 Å². The molecule has 0 aromatic rings. The van der Waals surface area contributed by atoms with E-state index in [1.165, 1.54) is 0 Å². The molecule has 0 saturated heterocycles. The molecule has 0 spiro atoms. The highest BCUT2D eigenvalue weighted by atomic mass is 32.2. The number of carboxylic acid groups (broad SMARTS) is 1. The van der Waals surface area contributed by atoms with Gasteiger partial charge in [0.15, 0.2) is 9.84 Å². The van der Waals surface area contributed by atoms with Crippen molar-refractivity contribution in [3.63, 3.8) is 0 Å². The van der Waals surface area contributed by atoms with E-state index in [1.807, 2.05) is 13.8 Å². The van der Waals surface area contributed by atoms with Crippen molar-refractivity contribution < 1.29 is 18.3 Å². The third kappa shape index (κ3) is 6.38. The SMILES string of the molecule is CCCCNC(CCCC)(CS(=O)(=O)CC)C(=O)O. The Morgan fingerprint density at radius 2 is 1.74 bits per heavy atom. The summed E-state index contributed by atoms with van der Waals surface area (Å²) in [5, 5.41) is 12.5. The summed E-state index contributed by atoms with van der Waals surface area (Å²) in [4.78, 5) is 11.6. The molecule has 0 fully saturated rings. The van der Waals surface area contributed by atoms with Crippen LogP contribution in [0, 0.1) is 0 Å². The third-order valence-electron chi connectivity index (χ3n) is 3.27. The van der Waals surface area contributed by atoms with Gasteiger partial charge in [-0.05, 0) is 19.4 Å². The fourth-order valence-corrected chi connectivity index (χ4v) is 3.24. The van der Waals surface area contributed by atoms with Crippen LogP contribution in [0.2, 0.25) is 0 Å². The summed E-state index contributed by atoms with van der Waals surface area (Å²) in [7, 11) is -3.33. The number of carbonyl (C=O) groups is 1. The second kappa shape index (κ2) is 8.53. The van der Waals surface area contributed by atoms with E-state index in [9.17, 15) is 18.3 Å². The molecule has 0 aliphatic rings. The Bertz CT molecular complexity index is 367. The van der Waals surface area contributed by atoms with Crippen molar-refractivity contribution in [2.75, 3.05) is 18.1 Å². The Labute approximate surface area is 116 Å². The van der Waals surface area contributed by atoms with Gasteiger partial charge in [-0.25, -0.2) is 8.42 Å². The number of hydrogen-bond donors (Lipinski definition) is 2. The lowest BCUT2D eigenvalue weighted by atomic mass is 9.94. The molecule has 5 nitrogen and oxygen atoms in total.